The number of carboxylic acids is 1. The lowest BCUT2D eigenvalue weighted by atomic mass is 9.87. The number of hydrogen-bond acceptors (Lipinski definition) is 10. The average molecular weight is 512 g/mol. The molecular formula is C25H33N7O5. The summed E-state index contributed by atoms with van der Waals surface area (Å²) in [5, 5.41) is 21.1. The molecule has 1 aliphatic rings. The number of aryl methyl sites for hydroxylation is 2. The maximum atomic E-state index is 11.4. The van der Waals surface area contributed by atoms with Gasteiger partial charge in [-0.2, -0.15) is 9.97 Å². The number of aromatic nitrogens is 6. The van der Waals surface area contributed by atoms with Gasteiger partial charge >= 0.3 is 5.97 Å². The number of ether oxygens (including phenoxy) is 3. The monoisotopic (exact) mass is 511 g/mol. The molecule has 1 aliphatic carbocycles. The third kappa shape index (κ3) is 6.43. The van der Waals surface area contributed by atoms with Crippen LogP contribution >= 0.6 is 0 Å². The molecule has 0 amide bonds. The van der Waals surface area contributed by atoms with E-state index in [1.165, 1.54) is 0 Å². The molecule has 3 heterocycles. The van der Waals surface area contributed by atoms with Gasteiger partial charge < -0.3 is 24.6 Å². The highest BCUT2D eigenvalue weighted by molar-refractivity contribution is 5.70. The molecule has 4 rings (SSSR count). The van der Waals surface area contributed by atoms with Gasteiger partial charge in [0.05, 0.1) is 54.9 Å². The van der Waals surface area contributed by atoms with Crippen LogP contribution in [0.4, 0.5) is 5.95 Å². The van der Waals surface area contributed by atoms with Crippen molar-refractivity contribution in [3.05, 3.63) is 29.6 Å². The highest BCUT2D eigenvalue weighted by Gasteiger charge is 2.28. The summed E-state index contributed by atoms with van der Waals surface area (Å²) >= 11 is 0. The number of carboxylic acid groups (broad SMARTS) is 1. The normalized spacial score (nSPS) is 17.3. The minimum atomic E-state index is -0.758. The van der Waals surface area contributed by atoms with E-state index in [1.807, 2.05) is 40.0 Å². The van der Waals surface area contributed by atoms with Gasteiger partial charge in [0.25, 0.3) is 0 Å². The average Bonchev–Trinajstić information content (AvgIpc) is 3.24. The summed E-state index contributed by atoms with van der Waals surface area (Å²) in [4.78, 5) is 24.9. The largest absolute Gasteiger partial charge is 0.489 e. The lowest BCUT2D eigenvalue weighted by molar-refractivity contribution is -0.143. The molecule has 3 aromatic rings. The second kappa shape index (κ2) is 11.8. The summed E-state index contributed by atoms with van der Waals surface area (Å²) in [5.74, 6) is 0.740. The van der Waals surface area contributed by atoms with Gasteiger partial charge in [0.15, 0.2) is 0 Å². The van der Waals surface area contributed by atoms with E-state index in [2.05, 4.69) is 25.6 Å². The molecule has 198 valence electrons. The number of aliphatic carboxylic acids is 1. The number of rotatable bonds is 11. The van der Waals surface area contributed by atoms with Crippen LogP contribution in [-0.2, 0) is 18.4 Å². The van der Waals surface area contributed by atoms with Crippen LogP contribution < -0.4 is 19.5 Å². The minimum absolute atomic E-state index is 0.133. The Labute approximate surface area is 215 Å². The Kier molecular flexibility index (Phi) is 8.36. The van der Waals surface area contributed by atoms with Gasteiger partial charge in [-0.1, -0.05) is 5.21 Å². The number of nitrogens with zero attached hydrogens (tertiary/aromatic N) is 6. The lowest BCUT2D eigenvalue weighted by Crippen LogP contribution is -2.29. The van der Waals surface area contributed by atoms with E-state index in [1.54, 1.807) is 10.7 Å². The van der Waals surface area contributed by atoms with Crippen molar-refractivity contribution in [1.82, 2.24) is 29.9 Å². The molecule has 0 bridgehead atoms. The van der Waals surface area contributed by atoms with E-state index in [0.717, 1.165) is 18.5 Å². The number of nitrogens with one attached hydrogen (secondary N) is 1. The Balaban J connectivity index is 1.49. The fourth-order valence-corrected chi connectivity index (χ4v) is 4.32. The van der Waals surface area contributed by atoms with Crippen LogP contribution in [0.25, 0.3) is 11.4 Å². The van der Waals surface area contributed by atoms with Crippen LogP contribution in [0.1, 0.15) is 50.9 Å². The van der Waals surface area contributed by atoms with Gasteiger partial charge in [0, 0.05) is 7.05 Å². The van der Waals surface area contributed by atoms with Gasteiger partial charge in [0.2, 0.25) is 17.7 Å². The maximum absolute atomic E-state index is 11.4. The van der Waals surface area contributed by atoms with Crippen LogP contribution in [0.5, 0.6) is 17.5 Å². The Hall–Kier alpha value is -3.96. The first-order chi connectivity index (χ1) is 17.9. The van der Waals surface area contributed by atoms with Gasteiger partial charge in [-0.3, -0.25) is 4.79 Å². The van der Waals surface area contributed by atoms with Crippen LogP contribution in [0.3, 0.4) is 0 Å². The number of anilines is 1. The van der Waals surface area contributed by atoms with E-state index in [4.69, 9.17) is 19.2 Å². The van der Waals surface area contributed by atoms with Gasteiger partial charge in [-0.25, -0.2) is 9.67 Å². The molecule has 0 unspecified atom stereocenters. The molecule has 0 radical (unpaired) electrons. The molecule has 37 heavy (non-hydrogen) atoms. The van der Waals surface area contributed by atoms with Gasteiger partial charge in [-0.15, -0.1) is 5.10 Å². The highest BCUT2D eigenvalue weighted by atomic mass is 16.5. The molecule has 0 aliphatic heterocycles. The first-order valence-electron chi connectivity index (χ1n) is 12.5. The summed E-state index contributed by atoms with van der Waals surface area (Å²) < 4.78 is 18.9. The summed E-state index contributed by atoms with van der Waals surface area (Å²) in [6.07, 6.45) is 2.75. The summed E-state index contributed by atoms with van der Waals surface area (Å²) in [5.41, 5.74) is 2.77. The first-order valence-corrected chi connectivity index (χ1v) is 12.5. The molecule has 3 aromatic heterocycles. The summed E-state index contributed by atoms with van der Waals surface area (Å²) in [7, 11) is 1.81. The Morgan fingerprint density at radius 1 is 1.14 bits per heavy atom. The van der Waals surface area contributed by atoms with E-state index < -0.39 is 5.97 Å². The van der Waals surface area contributed by atoms with Crippen LogP contribution in [0, 0.1) is 12.8 Å². The van der Waals surface area contributed by atoms with Crippen molar-refractivity contribution in [2.24, 2.45) is 13.0 Å². The van der Waals surface area contributed by atoms with E-state index in [-0.39, 0.29) is 12.0 Å². The minimum Gasteiger partial charge on any atom is -0.489 e. The van der Waals surface area contributed by atoms with Crippen molar-refractivity contribution in [3.8, 4) is 28.9 Å². The molecule has 12 heteroatoms. The zero-order chi connectivity index (χ0) is 26.4. The molecule has 12 nitrogen and oxygen atoms in total. The molecule has 0 aromatic carbocycles. The predicted molar refractivity (Wildman–Crippen MR) is 135 cm³/mol. The quantitative estimate of drug-likeness (QED) is 0.390. The van der Waals surface area contributed by atoms with Crippen LogP contribution in [0.15, 0.2) is 18.2 Å². The molecule has 2 atom stereocenters. The first kappa shape index (κ1) is 26.1. The Morgan fingerprint density at radius 3 is 2.51 bits per heavy atom. The smallest absolute Gasteiger partial charge is 0.306 e. The molecule has 0 spiro atoms. The predicted octanol–water partition coefficient (Wildman–Crippen LogP) is 3.41. The second-order valence-electron chi connectivity index (χ2n) is 8.82. The topological polar surface area (TPSA) is 146 Å². The van der Waals surface area contributed by atoms with Crippen LogP contribution in [-0.4, -0.2) is 60.3 Å². The third-order valence-electron chi connectivity index (χ3n) is 6.17. The number of carbonyl (C=O) groups is 1. The Morgan fingerprint density at radius 2 is 1.86 bits per heavy atom. The van der Waals surface area contributed by atoms with Crippen molar-refractivity contribution in [3.63, 3.8) is 0 Å². The van der Waals surface area contributed by atoms with Crippen molar-refractivity contribution < 1.29 is 24.1 Å². The third-order valence-corrected chi connectivity index (χ3v) is 6.17. The highest BCUT2D eigenvalue weighted by Crippen LogP contribution is 2.30. The zero-order valence-corrected chi connectivity index (χ0v) is 21.6. The molecule has 1 saturated carbocycles. The number of pyridine rings is 1. The summed E-state index contributed by atoms with van der Waals surface area (Å²) in [6.45, 7) is 6.93. The fourth-order valence-electron chi connectivity index (χ4n) is 4.32. The Bertz CT molecular complexity index is 1210. The van der Waals surface area contributed by atoms with E-state index in [0.29, 0.717) is 73.1 Å². The van der Waals surface area contributed by atoms with Crippen molar-refractivity contribution in [2.45, 2.75) is 59.1 Å². The molecule has 1 fully saturated rings. The molecular weight excluding hydrogens is 478 g/mol. The van der Waals surface area contributed by atoms with Crippen LogP contribution in [0.2, 0.25) is 0 Å². The van der Waals surface area contributed by atoms with Crippen molar-refractivity contribution in [2.75, 3.05) is 18.5 Å². The zero-order valence-electron chi connectivity index (χ0n) is 21.6. The number of hydrogen-bond donors (Lipinski definition) is 2. The van der Waals surface area contributed by atoms with Crippen molar-refractivity contribution >= 4 is 11.9 Å². The molecule has 0 saturated heterocycles. The summed E-state index contributed by atoms with van der Waals surface area (Å²) in [6, 6.07) is 5.35. The van der Waals surface area contributed by atoms with Crippen molar-refractivity contribution in [1.29, 1.82) is 0 Å². The second-order valence-corrected chi connectivity index (χ2v) is 8.82. The SMILES string of the molecule is CCOc1cc(OCC)nc(NCc2c(-c3ccc(O[C@H]4CCC[C@H](C(=O)O)C4)c(C)n3)nnn2C)n1. The molecule has 2 N–H and O–H groups in total. The lowest BCUT2D eigenvalue weighted by Gasteiger charge is -2.27. The van der Waals surface area contributed by atoms with Gasteiger partial charge in [0.1, 0.15) is 11.4 Å². The standard InChI is InChI=1S/C25H33N7O5/c1-5-35-21-13-22(36-6-2)29-25(28-21)26-14-19-23(30-31-32(19)4)18-10-11-20(15(3)27-18)37-17-9-7-8-16(12-17)24(33)34/h10-11,13,16-17H,5-9,12,14H2,1-4H3,(H,33,34)(H,26,28,29)/t16-,17-/m0/s1. The van der Waals surface area contributed by atoms with E-state index >= 15 is 0 Å². The fraction of sp³-hybridized carbons (Fsp3) is 0.520. The van der Waals surface area contributed by atoms with Gasteiger partial charge in [-0.05, 0) is 58.6 Å². The maximum Gasteiger partial charge on any atom is 0.306 e. The van der Waals surface area contributed by atoms with E-state index in [9.17, 15) is 9.90 Å².